The quantitative estimate of drug-likeness (QED) is 0.854. The number of carbonyl (C=O) groups is 3. The van der Waals surface area contributed by atoms with Crippen LogP contribution in [-0.4, -0.2) is 37.2 Å². The zero-order chi connectivity index (χ0) is 17.9. The second-order valence-corrected chi connectivity index (χ2v) is 4.90. The molecule has 0 spiro atoms. The molecule has 24 heavy (non-hydrogen) atoms. The predicted octanol–water partition coefficient (Wildman–Crippen LogP) is 2.12. The van der Waals surface area contributed by atoms with E-state index in [0.717, 1.165) is 0 Å². The highest BCUT2D eigenvalue weighted by Crippen LogP contribution is 2.22. The molecule has 1 aromatic heterocycles. The van der Waals surface area contributed by atoms with E-state index in [1.54, 1.807) is 13.8 Å². The van der Waals surface area contributed by atoms with Crippen LogP contribution in [-0.2, 0) is 9.47 Å². The lowest BCUT2D eigenvalue weighted by molar-refractivity contribution is 0.0587. The van der Waals surface area contributed by atoms with E-state index in [-0.39, 0.29) is 22.4 Å². The van der Waals surface area contributed by atoms with Gasteiger partial charge in [0.05, 0.1) is 36.7 Å². The van der Waals surface area contributed by atoms with Gasteiger partial charge in [-0.3, -0.25) is 4.79 Å². The molecule has 0 saturated carbocycles. The Morgan fingerprint density at radius 2 is 1.75 bits per heavy atom. The molecule has 1 aromatic carbocycles. The highest BCUT2D eigenvalue weighted by atomic mass is 16.5. The fourth-order valence-corrected chi connectivity index (χ4v) is 2.17. The SMILES string of the molecule is COC(=O)c1ccc(C(=O)OC)c(NC(=O)c2c(C)noc2C)c1. The summed E-state index contributed by atoms with van der Waals surface area (Å²) in [6.07, 6.45) is 0. The minimum Gasteiger partial charge on any atom is -0.465 e. The topological polar surface area (TPSA) is 108 Å². The minimum atomic E-state index is -0.652. The van der Waals surface area contributed by atoms with Crippen molar-refractivity contribution in [3.05, 3.63) is 46.3 Å². The Balaban J connectivity index is 2.44. The van der Waals surface area contributed by atoms with E-state index in [1.807, 2.05) is 0 Å². The van der Waals surface area contributed by atoms with Crippen LogP contribution in [0.5, 0.6) is 0 Å². The number of carbonyl (C=O) groups excluding carboxylic acids is 3. The number of amides is 1. The minimum absolute atomic E-state index is 0.102. The van der Waals surface area contributed by atoms with Crippen molar-refractivity contribution in [1.29, 1.82) is 0 Å². The van der Waals surface area contributed by atoms with Crippen LogP contribution < -0.4 is 5.32 Å². The van der Waals surface area contributed by atoms with Gasteiger partial charge in [-0.25, -0.2) is 9.59 Å². The molecule has 1 heterocycles. The normalized spacial score (nSPS) is 10.2. The maximum absolute atomic E-state index is 12.5. The summed E-state index contributed by atoms with van der Waals surface area (Å²) < 4.78 is 14.3. The molecule has 2 aromatic rings. The second-order valence-electron chi connectivity index (χ2n) is 4.90. The summed E-state index contributed by atoms with van der Waals surface area (Å²) in [6.45, 7) is 3.22. The lowest BCUT2D eigenvalue weighted by Crippen LogP contribution is -2.17. The fourth-order valence-electron chi connectivity index (χ4n) is 2.17. The molecule has 0 saturated heterocycles. The summed E-state index contributed by atoms with van der Waals surface area (Å²) in [5.74, 6) is -1.42. The first kappa shape index (κ1) is 17.2. The maximum atomic E-state index is 12.5. The lowest BCUT2D eigenvalue weighted by atomic mass is 10.1. The Labute approximate surface area is 137 Å². The standard InChI is InChI=1S/C16H16N2O6/c1-8-13(9(2)24-18-8)14(19)17-12-7-10(15(20)22-3)5-6-11(12)16(21)23-4/h5-7H,1-4H3,(H,17,19). The van der Waals surface area contributed by atoms with Crippen molar-refractivity contribution >= 4 is 23.5 Å². The zero-order valence-electron chi connectivity index (χ0n) is 13.6. The van der Waals surface area contributed by atoms with Gasteiger partial charge in [0.1, 0.15) is 11.3 Å². The van der Waals surface area contributed by atoms with Gasteiger partial charge in [0.15, 0.2) is 0 Å². The van der Waals surface area contributed by atoms with Gasteiger partial charge in [-0.15, -0.1) is 0 Å². The van der Waals surface area contributed by atoms with Gasteiger partial charge in [0, 0.05) is 0 Å². The average Bonchev–Trinajstić information content (AvgIpc) is 2.91. The monoisotopic (exact) mass is 332 g/mol. The number of benzene rings is 1. The molecule has 1 N–H and O–H groups in total. The number of aryl methyl sites for hydroxylation is 2. The molecule has 2 rings (SSSR count). The number of hydrogen-bond donors (Lipinski definition) is 1. The van der Waals surface area contributed by atoms with Crippen LogP contribution >= 0.6 is 0 Å². The average molecular weight is 332 g/mol. The highest BCUT2D eigenvalue weighted by Gasteiger charge is 2.21. The number of nitrogens with one attached hydrogen (secondary N) is 1. The molecule has 8 heteroatoms. The number of esters is 2. The number of nitrogens with zero attached hydrogens (tertiary/aromatic N) is 1. The van der Waals surface area contributed by atoms with Gasteiger partial charge in [0.25, 0.3) is 5.91 Å². The van der Waals surface area contributed by atoms with Crippen LogP contribution in [0, 0.1) is 13.8 Å². The summed E-state index contributed by atoms with van der Waals surface area (Å²) >= 11 is 0. The zero-order valence-corrected chi connectivity index (χ0v) is 13.6. The molecule has 0 aliphatic heterocycles. The molecule has 0 bridgehead atoms. The fraction of sp³-hybridized carbons (Fsp3) is 0.250. The van der Waals surface area contributed by atoms with E-state index >= 15 is 0 Å². The Morgan fingerprint density at radius 3 is 2.29 bits per heavy atom. The first-order valence-electron chi connectivity index (χ1n) is 6.94. The Hall–Kier alpha value is -3.16. The van der Waals surface area contributed by atoms with E-state index < -0.39 is 17.8 Å². The molecule has 0 aliphatic carbocycles. The number of anilines is 1. The first-order valence-corrected chi connectivity index (χ1v) is 6.94. The Kier molecular flexibility index (Phi) is 4.98. The molecule has 0 unspecified atom stereocenters. The van der Waals surface area contributed by atoms with E-state index in [1.165, 1.54) is 32.4 Å². The van der Waals surface area contributed by atoms with Gasteiger partial charge in [-0.05, 0) is 32.0 Å². The van der Waals surface area contributed by atoms with E-state index in [0.29, 0.717) is 11.5 Å². The molecule has 8 nitrogen and oxygen atoms in total. The third kappa shape index (κ3) is 3.27. The van der Waals surface area contributed by atoms with Gasteiger partial charge in [0.2, 0.25) is 0 Å². The largest absolute Gasteiger partial charge is 0.465 e. The Bertz CT molecular complexity index is 789. The predicted molar refractivity (Wildman–Crippen MR) is 83.1 cm³/mol. The Morgan fingerprint density at radius 1 is 1.08 bits per heavy atom. The molecule has 126 valence electrons. The smallest absolute Gasteiger partial charge is 0.339 e. The van der Waals surface area contributed by atoms with Gasteiger partial charge in [-0.2, -0.15) is 0 Å². The molecule has 0 atom stereocenters. The summed E-state index contributed by atoms with van der Waals surface area (Å²) in [4.78, 5) is 36.0. The van der Waals surface area contributed by atoms with Crippen LogP contribution in [0.4, 0.5) is 5.69 Å². The van der Waals surface area contributed by atoms with Crippen LogP contribution in [0.3, 0.4) is 0 Å². The van der Waals surface area contributed by atoms with Crippen molar-refractivity contribution < 1.29 is 28.4 Å². The van der Waals surface area contributed by atoms with Gasteiger partial charge >= 0.3 is 11.9 Å². The third-order valence-corrected chi connectivity index (χ3v) is 3.35. The van der Waals surface area contributed by atoms with Crippen molar-refractivity contribution in [2.75, 3.05) is 19.5 Å². The molecule has 0 fully saturated rings. The number of ether oxygens (including phenoxy) is 2. The van der Waals surface area contributed by atoms with Crippen molar-refractivity contribution in [3.63, 3.8) is 0 Å². The molecule has 0 radical (unpaired) electrons. The van der Waals surface area contributed by atoms with Crippen LogP contribution in [0.2, 0.25) is 0 Å². The van der Waals surface area contributed by atoms with Gasteiger partial charge < -0.3 is 19.3 Å². The molecule has 1 amide bonds. The van der Waals surface area contributed by atoms with Crippen molar-refractivity contribution in [3.8, 4) is 0 Å². The maximum Gasteiger partial charge on any atom is 0.339 e. The second kappa shape index (κ2) is 6.95. The third-order valence-electron chi connectivity index (χ3n) is 3.35. The van der Waals surface area contributed by atoms with E-state index in [9.17, 15) is 14.4 Å². The van der Waals surface area contributed by atoms with Crippen molar-refractivity contribution in [2.24, 2.45) is 0 Å². The summed E-state index contributed by atoms with van der Waals surface area (Å²) in [5, 5.41) is 6.29. The van der Waals surface area contributed by atoms with E-state index in [2.05, 4.69) is 19.9 Å². The summed E-state index contributed by atoms with van der Waals surface area (Å²) in [5.41, 5.74) is 1.07. The van der Waals surface area contributed by atoms with Crippen molar-refractivity contribution in [2.45, 2.75) is 13.8 Å². The molecular weight excluding hydrogens is 316 g/mol. The van der Waals surface area contributed by atoms with E-state index in [4.69, 9.17) is 4.52 Å². The lowest BCUT2D eigenvalue weighted by Gasteiger charge is -2.11. The van der Waals surface area contributed by atoms with Crippen molar-refractivity contribution in [1.82, 2.24) is 5.16 Å². The summed E-state index contributed by atoms with van der Waals surface area (Å²) in [6, 6.07) is 4.12. The highest BCUT2D eigenvalue weighted by molar-refractivity contribution is 6.09. The van der Waals surface area contributed by atoms with Crippen LogP contribution in [0.1, 0.15) is 42.5 Å². The van der Waals surface area contributed by atoms with Crippen LogP contribution in [0.25, 0.3) is 0 Å². The number of methoxy groups -OCH3 is 2. The molecule has 0 aliphatic rings. The molecular formula is C16H16N2O6. The number of hydrogen-bond acceptors (Lipinski definition) is 7. The summed E-state index contributed by atoms with van der Waals surface area (Å²) in [7, 11) is 2.45. The first-order chi connectivity index (χ1) is 11.4. The number of aromatic nitrogens is 1. The van der Waals surface area contributed by atoms with Gasteiger partial charge in [-0.1, -0.05) is 5.16 Å². The number of rotatable bonds is 4. The van der Waals surface area contributed by atoms with Crippen LogP contribution in [0.15, 0.2) is 22.7 Å².